The van der Waals surface area contributed by atoms with Crippen molar-refractivity contribution in [3.63, 3.8) is 0 Å². The molecule has 2 aromatic carbocycles. The van der Waals surface area contributed by atoms with Gasteiger partial charge in [-0.2, -0.15) is 0 Å². The van der Waals surface area contributed by atoms with E-state index in [1.54, 1.807) is 11.8 Å². The second-order valence-electron chi connectivity index (χ2n) is 7.09. The van der Waals surface area contributed by atoms with Crippen molar-refractivity contribution in [2.45, 2.75) is 37.7 Å². The van der Waals surface area contributed by atoms with Crippen LogP contribution in [0.15, 0.2) is 47.4 Å². The molecule has 0 aromatic heterocycles. The first-order valence-electron chi connectivity index (χ1n) is 9.44. The molecule has 1 aliphatic heterocycles. The highest BCUT2D eigenvalue weighted by Crippen LogP contribution is 2.26. The molecule has 1 aliphatic rings. The third-order valence-corrected chi connectivity index (χ3v) is 5.67. The first kappa shape index (κ1) is 19.8. The molecular weight excluding hydrogens is 356 g/mol. The topological polar surface area (TPSA) is 41.6 Å². The van der Waals surface area contributed by atoms with Crippen LogP contribution < -0.4 is 10.1 Å². The zero-order chi connectivity index (χ0) is 19.2. The van der Waals surface area contributed by atoms with Crippen molar-refractivity contribution < 1.29 is 9.53 Å². The second kappa shape index (κ2) is 9.29. The first-order valence-corrected chi connectivity index (χ1v) is 10.7. The number of para-hydroxylation sites is 1. The second-order valence-corrected chi connectivity index (χ2v) is 7.97. The van der Waals surface area contributed by atoms with Gasteiger partial charge in [-0.3, -0.25) is 9.69 Å². The smallest absolute Gasteiger partial charge is 0.238 e. The van der Waals surface area contributed by atoms with Gasteiger partial charge < -0.3 is 10.1 Å². The molecule has 3 rings (SSSR count). The fourth-order valence-electron chi connectivity index (χ4n) is 3.44. The molecule has 0 bridgehead atoms. The van der Waals surface area contributed by atoms with E-state index >= 15 is 0 Å². The summed E-state index contributed by atoms with van der Waals surface area (Å²) in [5.41, 5.74) is 3.23. The zero-order valence-corrected chi connectivity index (χ0v) is 17.1. The molecule has 0 radical (unpaired) electrons. The average Bonchev–Trinajstić information content (AvgIpc) is 2.66. The molecule has 1 heterocycles. The number of benzene rings is 2. The Morgan fingerprint density at radius 1 is 1.15 bits per heavy atom. The Morgan fingerprint density at radius 2 is 1.81 bits per heavy atom. The SMILES string of the molecule is CSc1cccc(NC(=O)CN2CCC(Oc3c(C)cccc3C)CC2)c1. The number of ether oxygens (including phenoxy) is 1. The van der Waals surface area contributed by atoms with Crippen LogP contribution in [0.3, 0.4) is 0 Å². The van der Waals surface area contributed by atoms with Gasteiger partial charge in [0.15, 0.2) is 0 Å². The van der Waals surface area contributed by atoms with Gasteiger partial charge in [-0.05, 0) is 62.3 Å². The van der Waals surface area contributed by atoms with Crippen LogP contribution in [0, 0.1) is 13.8 Å². The van der Waals surface area contributed by atoms with Crippen LogP contribution in [0.4, 0.5) is 5.69 Å². The van der Waals surface area contributed by atoms with Gasteiger partial charge in [-0.25, -0.2) is 0 Å². The average molecular weight is 385 g/mol. The van der Waals surface area contributed by atoms with Gasteiger partial charge in [-0.1, -0.05) is 24.3 Å². The van der Waals surface area contributed by atoms with E-state index in [4.69, 9.17) is 4.74 Å². The summed E-state index contributed by atoms with van der Waals surface area (Å²) in [7, 11) is 0. The Balaban J connectivity index is 1.47. The van der Waals surface area contributed by atoms with Gasteiger partial charge in [0.25, 0.3) is 0 Å². The number of likely N-dealkylation sites (tertiary alicyclic amines) is 1. The summed E-state index contributed by atoms with van der Waals surface area (Å²) < 4.78 is 6.26. The third kappa shape index (κ3) is 5.50. The lowest BCUT2D eigenvalue weighted by Gasteiger charge is -2.32. The van der Waals surface area contributed by atoms with Gasteiger partial charge in [0, 0.05) is 23.7 Å². The van der Waals surface area contributed by atoms with Crippen molar-refractivity contribution in [3.05, 3.63) is 53.6 Å². The van der Waals surface area contributed by atoms with E-state index in [0.29, 0.717) is 6.54 Å². The summed E-state index contributed by atoms with van der Waals surface area (Å²) >= 11 is 1.67. The highest BCUT2D eigenvalue weighted by molar-refractivity contribution is 7.98. The van der Waals surface area contributed by atoms with Gasteiger partial charge >= 0.3 is 0 Å². The maximum Gasteiger partial charge on any atom is 0.238 e. The molecule has 0 unspecified atom stereocenters. The number of anilines is 1. The number of thioether (sulfide) groups is 1. The van der Waals surface area contributed by atoms with Crippen molar-refractivity contribution in [2.75, 3.05) is 31.2 Å². The zero-order valence-electron chi connectivity index (χ0n) is 16.3. The molecule has 27 heavy (non-hydrogen) atoms. The maximum atomic E-state index is 12.4. The summed E-state index contributed by atoms with van der Waals surface area (Å²) in [6, 6.07) is 14.2. The van der Waals surface area contributed by atoms with E-state index in [1.165, 1.54) is 11.1 Å². The number of nitrogens with zero attached hydrogens (tertiary/aromatic N) is 1. The lowest BCUT2D eigenvalue weighted by atomic mass is 10.1. The summed E-state index contributed by atoms with van der Waals surface area (Å²) in [5, 5.41) is 3.00. The maximum absolute atomic E-state index is 12.4. The minimum atomic E-state index is 0.0439. The minimum Gasteiger partial charge on any atom is -0.490 e. The fraction of sp³-hybridized carbons (Fsp3) is 0.409. The Labute approximate surface area is 166 Å². The lowest BCUT2D eigenvalue weighted by molar-refractivity contribution is -0.117. The molecule has 144 valence electrons. The highest BCUT2D eigenvalue weighted by atomic mass is 32.2. The highest BCUT2D eigenvalue weighted by Gasteiger charge is 2.23. The van der Waals surface area contributed by atoms with E-state index in [-0.39, 0.29) is 12.0 Å². The van der Waals surface area contributed by atoms with Crippen LogP contribution in [0.5, 0.6) is 5.75 Å². The minimum absolute atomic E-state index is 0.0439. The number of carbonyl (C=O) groups is 1. The third-order valence-electron chi connectivity index (χ3n) is 4.95. The number of nitrogens with one attached hydrogen (secondary N) is 1. The van der Waals surface area contributed by atoms with Crippen LogP contribution in [0.1, 0.15) is 24.0 Å². The lowest BCUT2D eigenvalue weighted by Crippen LogP contribution is -2.42. The van der Waals surface area contributed by atoms with Crippen molar-refractivity contribution in [3.8, 4) is 5.75 Å². The van der Waals surface area contributed by atoms with E-state index in [1.807, 2.05) is 30.5 Å². The number of piperidine rings is 1. The van der Waals surface area contributed by atoms with Crippen molar-refractivity contribution in [1.82, 2.24) is 4.90 Å². The Hall–Kier alpha value is -1.98. The predicted octanol–water partition coefficient (Wildman–Crippen LogP) is 4.51. The predicted molar refractivity (Wildman–Crippen MR) is 113 cm³/mol. The van der Waals surface area contributed by atoms with Crippen LogP contribution in [-0.4, -0.2) is 42.8 Å². The Morgan fingerprint density at radius 3 is 2.48 bits per heavy atom. The molecule has 5 heteroatoms. The fourth-order valence-corrected chi connectivity index (χ4v) is 3.90. The quantitative estimate of drug-likeness (QED) is 0.744. The van der Waals surface area contributed by atoms with Crippen molar-refractivity contribution in [2.24, 2.45) is 0 Å². The van der Waals surface area contributed by atoms with Gasteiger partial charge in [-0.15, -0.1) is 11.8 Å². The standard InChI is InChI=1S/C22H28N2O2S/c1-16-6-4-7-17(2)22(16)26-19-10-12-24(13-11-19)15-21(25)23-18-8-5-9-20(14-18)27-3/h4-9,14,19H,10-13,15H2,1-3H3,(H,23,25). The molecule has 0 aliphatic carbocycles. The summed E-state index contributed by atoms with van der Waals surface area (Å²) in [6.07, 6.45) is 4.15. The molecule has 4 nitrogen and oxygen atoms in total. The molecule has 1 fully saturated rings. The molecule has 1 N–H and O–H groups in total. The van der Waals surface area contributed by atoms with E-state index < -0.39 is 0 Å². The molecule has 0 spiro atoms. The Bertz CT molecular complexity index is 765. The summed E-state index contributed by atoms with van der Waals surface area (Å²) in [4.78, 5) is 15.7. The number of hydrogen-bond donors (Lipinski definition) is 1. The molecule has 1 amide bonds. The molecule has 0 atom stereocenters. The number of hydrogen-bond acceptors (Lipinski definition) is 4. The molecule has 2 aromatic rings. The summed E-state index contributed by atoms with van der Waals surface area (Å²) in [6.45, 7) is 6.38. The normalized spacial score (nSPS) is 15.5. The van der Waals surface area contributed by atoms with Crippen molar-refractivity contribution in [1.29, 1.82) is 0 Å². The van der Waals surface area contributed by atoms with Crippen LogP contribution >= 0.6 is 11.8 Å². The largest absolute Gasteiger partial charge is 0.490 e. The van der Waals surface area contributed by atoms with Crippen LogP contribution in [0.25, 0.3) is 0 Å². The van der Waals surface area contributed by atoms with Gasteiger partial charge in [0.2, 0.25) is 5.91 Å². The number of amides is 1. The number of aryl methyl sites for hydroxylation is 2. The summed E-state index contributed by atoms with van der Waals surface area (Å²) in [5.74, 6) is 1.06. The first-order chi connectivity index (χ1) is 13.0. The van der Waals surface area contributed by atoms with Crippen molar-refractivity contribution >= 4 is 23.4 Å². The van der Waals surface area contributed by atoms with Crippen LogP contribution in [0.2, 0.25) is 0 Å². The number of carbonyl (C=O) groups excluding carboxylic acids is 1. The van der Waals surface area contributed by atoms with Gasteiger partial charge in [0.1, 0.15) is 11.9 Å². The molecule has 0 saturated carbocycles. The number of rotatable bonds is 6. The van der Waals surface area contributed by atoms with E-state index in [9.17, 15) is 4.79 Å². The molecule has 1 saturated heterocycles. The molecular formula is C22H28N2O2S. The van der Waals surface area contributed by atoms with Gasteiger partial charge in [0.05, 0.1) is 6.54 Å². The van der Waals surface area contributed by atoms with Crippen LogP contribution in [-0.2, 0) is 4.79 Å². The Kier molecular flexibility index (Phi) is 6.80. The van der Waals surface area contributed by atoms with E-state index in [0.717, 1.165) is 42.3 Å². The monoisotopic (exact) mass is 384 g/mol. The van der Waals surface area contributed by atoms with E-state index in [2.05, 4.69) is 42.3 Å².